The first-order valence-electron chi connectivity index (χ1n) is 7.38. The van der Waals surface area contributed by atoms with Crippen molar-refractivity contribution in [3.63, 3.8) is 0 Å². The second-order valence-electron chi connectivity index (χ2n) is 5.11. The molecule has 0 fully saturated rings. The molecule has 0 spiro atoms. The van der Waals surface area contributed by atoms with Crippen molar-refractivity contribution in [2.75, 3.05) is 13.2 Å². The topological polar surface area (TPSA) is 68.3 Å². The molecule has 1 aromatic carbocycles. The smallest absolute Gasteiger partial charge is 0.416 e. The lowest BCUT2D eigenvalue weighted by atomic mass is 10.1. The van der Waals surface area contributed by atoms with Crippen molar-refractivity contribution in [2.45, 2.75) is 11.9 Å². The van der Waals surface area contributed by atoms with Crippen molar-refractivity contribution in [3.8, 4) is 17.6 Å². The molecule has 1 N–H and O–H groups in total. The van der Waals surface area contributed by atoms with Gasteiger partial charge in [-0.25, -0.2) is 13.1 Å². The number of sulfonamides is 1. The maximum absolute atomic E-state index is 12.5. The van der Waals surface area contributed by atoms with Gasteiger partial charge >= 0.3 is 6.18 Å². The van der Waals surface area contributed by atoms with Crippen molar-refractivity contribution in [3.05, 3.63) is 59.9 Å². The normalized spacial score (nSPS) is 11.5. The lowest BCUT2D eigenvalue weighted by molar-refractivity contribution is -0.137. The van der Waals surface area contributed by atoms with Gasteiger partial charge in [0.1, 0.15) is 12.4 Å². The molecule has 9 heteroatoms. The Bertz CT molecular complexity index is 871. The first-order chi connectivity index (χ1) is 12.3. The van der Waals surface area contributed by atoms with Gasteiger partial charge in [0.25, 0.3) is 0 Å². The molecule has 0 aliphatic heterocycles. The van der Waals surface area contributed by atoms with Crippen molar-refractivity contribution in [1.29, 1.82) is 0 Å². The third-order valence-corrected chi connectivity index (χ3v) is 4.39. The van der Waals surface area contributed by atoms with E-state index in [4.69, 9.17) is 4.74 Å². The fourth-order valence-corrected chi connectivity index (χ4v) is 2.90. The fourth-order valence-electron chi connectivity index (χ4n) is 1.87. The zero-order chi connectivity index (χ0) is 19.0. The molecule has 0 unspecified atom stereocenters. The molecule has 0 aliphatic carbocycles. The van der Waals surface area contributed by atoms with Gasteiger partial charge in [0.2, 0.25) is 10.0 Å². The number of nitrogens with one attached hydrogen (secondary N) is 1. The molecular formula is C17H15F3N2O3S. The Morgan fingerprint density at radius 1 is 1.12 bits per heavy atom. The predicted molar refractivity (Wildman–Crippen MR) is 89.6 cm³/mol. The van der Waals surface area contributed by atoms with Gasteiger partial charge in [-0.3, -0.25) is 4.98 Å². The lowest BCUT2D eigenvalue weighted by Gasteiger charge is -2.08. The molecule has 5 nitrogen and oxygen atoms in total. The molecule has 2 rings (SSSR count). The molecule has 138 valence electrons. The predicted octanol–water partition coefficient (Wildman–Crippen LogP) is 2.60. The van der Waals surface area contributed by atoms with Gasteiger partial charge in [0.05, 0.1) is 24.1 Å². The van der Waals surface area contributed by atoms with Crippen LogP contribution >= 0.6 is 0 Å². The summed E-state index contributed by atoms with van der Waals surface area (Å²) in [5.74, 6) is 5.35. The number of rotatable bonds is 6. The Hall–Kier alpha value is -2.57. The molecule has 0 saturated carbocycles. The first kappa shape index (κ1) is 19.8. The number of hydrogen-bond acceptors (Lipinski definition) is 4. The number of aromatic nitrogens is 1. The number of nitrogens with zero attached hydrogens (tertiary/aromatic N) is 1. The average molecular weight is 384 g/mol. The van der Waals surface area contributed by atoms with E-state index < -0.39 is 27.5 Å². The van der Waals surface area contributed by atoms with E-state index in [1.165, 1.54) is 6.20 Å². The molecule has 0 amide bonds. The Balaban J connectivity index is 1.79. The van der Waals surface area contributed by atoms with E-state index in [-0.39, 0.29) is 18.7 Å². The van der Waals surface area contributed by atoms with E-state index in [1.54, 1.807) is 18.3 Å². The minimum atomic E-state index is -4.46. The van der Waals surface area contributed by atoms with Crippen molar-refractivity contribution >= 4 is 10.0 Å². The molecule has 0 radical (unpaired) electrons. The van der Waals surface area contributed by atoms with Crippen molar-refractivity contribution in [2.24, 2.45) is 0 Å². The third-order valence-electron chi connectivity index (χ3n) is 3.09. The summed E-state index contributed by atoms with van der Waals surface area (Å²) in [4.78, 5) is 3.86. The van der Waals surface area contributed by atoms with Crippen LogP contribution in [0.25, 0.3) is 0 Å². The zero-order valence-electron chi connectivity index (χ0n) is 13.5. The second-order valence-corrected chi connectivity index (χ2v) is 6.91. The lowest BCUT2D eigenvalue weighted by Crippen LogP contribution is -2.25. The van der Waals surface area contributed by atoms with E-state index in [0.29, 0.717) is 5.75 Å². The number of pyridine rings is 1. The zero-order valence-corrected chi connectivity index (χ0v) is 14.3. The van der Waals surface area contributed by atoms with Gasteiger partial charge in [-0.1, -0.05) is 24.0 Å². The van der Waals surface area contributed by atoms with Crippen molar-refractivity contribution in [1.82, 2.24) is 9.71 Å². The largest absolute Gasteiger partial charge is 0.479 e. The van der Waals surface area contributed by atoms with E-state index in [1.807, 2.05) is 0 Å². The van der Waals surface area contributed by atoms with Gasteiger partial charge in [-0.15, -0.1) is 0 Å². The second kappa shape index (κ2) is 8.69. The molecule has 0 aliphatic rings. The van der Waals surface area contributed by atoms with E-state index in [9.17, 15) is 21.6 Å². The monoisotopic (exact) mass is 384 g/mol. The number of alkyl halides is 3. The van der Waals surface area contributed by atoms with Crippen LogP contribution in [0.15, 0.2) is 48.8 Å². The highest BCUT2D eigenvalue weighted by Gasteiger charge is 2.30. The van der Waals surface area contributed by atoms with Crippen LogP contribution < -0.4 is 9.46 Å². The Morgan fingerprint density at radius 3 is 2.46 bits per heavy atom. The molecule has 0 saturated heterocycles. The minimum Gasteiger partial charge on any atom is -0.479 e. The van der Waals surface area contributed by atoms with Crippen LogP contribution in [0.1, 0.15) is 11.1 Å². The van der Waals surface area contributed by atoms with E-state index in [2.05, 4.69) is 21.5 Å². The maximum atomic E-state index is 12.5. The highest BCUT2D eigenvalue weighted by molar-refractivity contribution is 7.88. The fraction of sp³-hybridized carbons (Fsp3) is 0.235. The summed E-state index contributed by atoms with van der Waals surface area (Å²) in [5, 5.41) is 0. The number of halogens is 3. The maximum Gasteiger partial charge on any atom is 0.416 e. The molecular weight excluding hydrogens is 369 g/mol. The number of hydrogen-bond donors (Lipinski definition) is 1. The van der Waals surface area contributed by atoms with Crippen molar-refractivity contribution < 1.29 is 26.3 Å². The molecule has 1 aromatic heterocycles. The van der Waals surface area contributed by atoms with Crippen LogP contribution in [0.2, 0.25) is 0 Å². The molecule has 0 atom stereocenters. The van der Waals surface area contributed by atoms with Crippen LogP contribution in [0, 0.1) is 11.8 Å². The molecule has 2 aromatic rings. The Kier molecular flexibility index (Phi) is 6.60. The SMILES string of the molecule is O=S(=O)(Cc1ccc(C(F)(F)F)cc1)NCC#CCOc1cccnc1. The summed E-state index contributed by atoms with van der Waals surface area (Å²) in [6, 6.07) is 7.38. The Morgan fingerprint density at radius 2 is 1.85 bits per heavy atom. The highest BCUT2D eigenvalue weighted by Crippen LogP contribution is 2.29. The van der Waals surface area contributed by atoms with Crippen LogP contribution in [0.3, 0.4) is 0 Å². The van der Waals surface area contributed by atoms with Crippen LogP contribution in [-0.4, -0.2) is 26.6 Å². The molecule has 26 heavy (non-hydrogen) atoms. The van der Waals surface area contributed by atoms with Gasteiger partial charge in [0, 0.05) is 6.20 Å². The van der Waals surface area contributed by atoms with Crippen LogP contribution in [-0.2, 0) is 22.0 Å². The van der Waals surface area contributed by atoms with Gasteiger partial charge in [-0.2, -0.15) is 13.2 Å². The standard InChI is InChI=1S/C17H15F3N2O3S/c18-17(19,20)15-7-5-14(6-8-15)13-26(23,24)22-10-1-2-11-25-16-4-3-9-21-12-16/h3-9,12,22H,10-11,13H2. The van der Waals surface area contributed by atoms with Crippen LogP contribution in [0.5, 0.6) is 5.75 Å². The van der Waals surface area contributed by atoms with Gasteiger partial charge < -0.3 is 4.74 Å². The first-order valence-corrected chi connectivity index (χ1v) is 9.03. The summed E-state index contributed by atoms with van der Waals surface area (Å²) in [6.45, 7) is -0.0499. The molecule has 0 bridgehead atoms. The molecule has 1 heterocycles. The number of benzene rings is 1. The number of ether oxygens (including phenoxy) is 1. The van der Waals surface area contributed by atoms with E-state index in [0.717, 1.165) is 24.3 Å². The van der Waals surface area contributed by atoms with Gasteiger partial charge in [-0.05, 0) is 29.8 Å². The summed E-state index contributed by atoms with van der Waals surface area (Å²) in [5.41, 5.74) is -0.579. The average Bonchev–Trinajstić information content (AvgIpc) is 2.58. The summed E-state index contributed by atoms with van der Waals surface area (Å²) in [6.07, 6.45) is -1.33. The van der Waals surface area contributed by atoms with E-state index >= 15 is 0 Å². The minimum absolute atomic E-state index is 0.0757. The summed E-state index contributed by atoms with van der Waals surface area (Å²) in [7, 11) is -3.71. The summed E-state index contributed by atoms with van der Waals surface area (Å²) < 4.78 is 68.7. The Labute approximate surface area is 149 Å². The van der Waals surface area contributed by atoms with Gasteiger partial charge in [0.15, 0.2) is 0 Å². The quantitative estimate of drug-likeness (QED) is 0.778. The third kappa shape index (κ3) is 6.74. The van der Waals surface area contributed by atoms with Crippen LogP contribution in [0.4, 0.5) is 13.2 Å². The highest BCUT2D eigenvalue weighted by atomic mass is 32.2. The summed E-state index contributed by atoms with van der Waals surface area (Å²) >= 11 is 0.